The van der Waals surface area contributed by atoms with Crippen LogP contribution in [-0.2, 0) is 33.3 Å². The van der Waals surface area contributed by atoms with Crippen LogP contribution < -0.4 is 26.6 Å². The molecule has 5 amide bonds. The number of rotatable bonds is 13. The van der Waals surface area contributed by atoms with E-state index < -0.39 is 95.5 Å². The maximum absolute atomic E-state index is 14.0. The van der Waals surface area contributed by atoms with Crippen LogP contribution in [-0.4, -0.2) is 102 Å². The van der Waals surface area contributed by atoms with Gasteiger partial charge in [0.05, 0.1) is 13.2 Å². The minimum atomic E-state index is -1.67. The molecular weight excluding hydrogens is 656 g/mol. The molecule has 0 aromatic rings. The molecule has 0 aliphatic heterocycles. The van der Waals surface area contributed by atoms with Gasteiger partial charge >= 0.3 is 30.2 Å². The number of aliphatic imine (C=N–C) groups is 1. The third-order valence-corrected chi connectivity index (χ3v) is 6.04. The Labute approximate surface area is 295 Å². The van der Waals surface area contributed by atoms with E-state index in [1.54, 1.807) is 76.2 Å². The van der Waals surface area contributed by atoms with Crippen molar-refractivity contribution in [2.75, 3.05) is 13.7 Å². The Hall–Kier alpha value is -4.15. The molecular formula is C33H60N6O11. The molecule has 0 heterocycles. The first-order valence-electron chi connectivity index (χ1n) is 16.5. The zero-order valence-corrected chi connectivity index (χ0v) is 32.1. The zero-order chi connectivity index (χ0) is 39.2. The van der Waals surface area contributed by atoms with Gasteiger partial charge in [-0.1, -0.05) is 27.7 Å². The van der Waals surface area contributed by atoms with Crippen molar-refractivity contribution in [3.8, 4) is 0 Å². The minimum Gasteiger partial charge on any atom is -0.467 e. The van der Waals surface area contributed by atoms with Crippen LogP contribution >= 0.6 is 0 Å². The van der Waals surface area contributed by atoms with E-state index >= 15 is 0 Å². The number of aliphatic hydroxyl groups excluding tert-OH is 1. The number of aliphatic hydroxyl groups is 1. The Morgan fingerprint density at radius 2 is 1.14 bits per heavy atom. The van der Waals surface area contributed by atoms with Crippen molar-refractivity contribution in [1.82, 2.24) is 26.6 Å². The number of hydrogen-bond acceptors (Lipinski definition) is 12. The van der Waals surface area contributed by atoms with Crippen LogP contribution in [0.1, 0.15) is 103 Å². The molecule has 0 fully saturated rings. The van der Waals surface area contributed by atoms with Crippen molar-refractivity contribution in [1.29, 1.82) is 0 Å². The molecule has 0 aliphatic carbocycles. The van der Waals surface area contributed by atoms with E-state index in [2.05, 4.69) is 31.6 Å². The summed E-state index contributed by atoms with van der Waals surface area (Å²) < 4.78 is 20.9. The lowest BCUT2D eigenvalue weighted by Crippen LogP contribution is -2.60. The minimum absolute atomic E-state index is 0.0803. The van der Waals surface area contributed by atoms with Gasteiger partial charge in [0.2, 0.25) is 11.9 Å². The quantitative estimate of drug-likeness (QED) is 0.0702. The molecule has 6 N–H and O–H groups in total. The molecule has 0 rings (SSSR count). The first-order valence-corrected chi connectivity index (χ1v) is 16.5. The Bertz CT molecular complexity index is 1170. The Morgan fingerprint density at radius 1 is 0.680 bits per heavy atom. The van der Waals surface area contributed by atoms with Crippen LogP contribution in [0.15, 0.2) is 4.99 Å². The summed E-state index contributed by atoms with van der Waals surface area (Å²) in [6.07, 6.45) is -2.19. The second-order valence-electron chi connectivity index (χ2n) is 15.4. The standard InChI is InChI=1S/C33H60N6O11/c1-18(2)17-21(25(42)48-31(5,6)7)34-24(41)23(37-28(44)36-22(19(3)4)26(43)47-14)20(15-16-40)35-27(38-29(45)49-32(8,9)10)39-30(46)50-33(11,12)13/h18-23,40H,15-17H2,1-14H3,(H,34,41)(H2,36,37,44)(H2,35,38,39,45,46)/t20-,21-,22-,23-/m0/s1. The largest absolute Gasteiger partial charge is 0.467 e. The van der Waals surface area contributed by atoms with Gasteiger partial charge in [-0.05, 0) is 87.0 Å². The van der Waals surface area contributed by atoms with Crippen molar-refractivity contribution < 1.29 is 52.8 Å². The second kappa shape index (κ2) is 19.9. The number of amides is 5. The van der Waals surface area contributed by atoms with Gasteiger partial charge in [-0.15, -0.1) is 0 Å². The van der Waals surface area contributed by atoms with Gasteiger partial charge in [-0.2, -0.15) is 0 Å². The van der Waals surface area contributed by atoms with E-state index in [1.165, 1.54) is 0 Å². The summed E-state index contributed by atoms with van der Waals surface area (Å²) in [5, 5.41) is 22.2. The molecule has 0 bridgehead atoms. The van der Waals surface area contributed by atoms with Crippen LogP contribution in [0.3, 0.4) is 0 Å². The fourth-order valence-electron chi connectivity index (χ4n) is 4.11. The fourth-order valence-corrected chi connectivity index (χ4v) is 4.11. The van der Waals surface area contributed by atoms with Crippen LogP contribution in [0.4, 0.5) is 14.4 Å². The van der Waals surface area contributed by atoms with Crippen LogP contribution in [0, 0.1) is 11.8 Å². The van der Waals surface area contributed by atoms with Gasteiger partial charge in [-0.25, -0.2) is 29.0 Å². The van der Waals surface area contributed by atoms with Crippen molar-refractivity contribution in [2.24, 2.45) is 16.8 Å². The molecule has 0 radical (unpaired) electrons. The average molecular weight is 717 g/mol. The summed E-state index contributed by atoms with van der Waals surface area (Å²) in [7, 11) is 1.15. The number of nitrogens with zero attached hydrogens (tertiary/aromatic N) is 1. The van der Waals surface area contributed by atoms with Gasteiger partial charge in [0.1, 0.15) is 34.9 Å². The molecule has 0 saturated heterocycles. The van der Waals surface area contributed by atoms with E-state index in [0.717, 1.165) is 7.11 Å². The first-order chi connectivity index (χ1) is 22.7. The molecule has 17 heteroatoms. The molecule has 17 nitrogen and oxygen atoms in total. The van der Waals surface area contributed by atoms with Crippen LogP contribution in [0.25, 0.3) is 0 Å². The highest BCUT2D eigenvalue weighted by molar-refractivity contribution is 6.02. The normalized spacial score (nSPS) is 14.3. The van der Waals surface area contributed by atoms with Gasteiger partial charge < -0.3 is 40.0 Å². The highest BCUT2D eigenvalue weighted by atomic mass is 16.6. The molecule has 0 unspecified atom stereocenters. The molecule has 4 atom stereocenters. The first kappa shape index (κ1) is 45.9. The smallest absolute Gasteiger partial charge is 0.414 e. The maximum Gasteiger partial charge on any atom is 0.414 e. The third-order valence-electron chi connectivity index (χ3n) is 6.04. The van der Waals surface area contributed by atoms with Crippen molar-refractivity contribution in [2.45, 2.75) is 144 Å². The molecule has 288 valence electrons. The van der Waals surface area contributed by atoms with Crippen LogP contribution in [0.5, 0.6) is 0 Å². The van der Waals surface area contributed by atoms with E-state index in [1.807, 2.05) is 13.8 Å². The lowest BCUT2D eigenvalue weighted by molar-refractivity contribution is -0.159. The molecule has 50 heavy (non-hydrogen) atoms. The fraction of sp³-hybridized carbons (Fsp3) is 0.788. The summed E-state index contributed by atoms with van der Waals surface area (Å²) in [4.78, 5) is 82.8. The number of hydrogen-bond donors (Lipinski definition) is 6. The number of alkyl carbamates (subject to hydrolysis) is 2. The third kappa shape index (κ3) is 19.7. The number of nitrogens with one attached hydrogen (secondary N) is 5. The number of esters is 2. The highest BCUT2D eigenvalue weighted by Crippen LogP contribution is 2.15. The zero-order valence-electron chi connectivity index (χ0n) is 32.1. The van der Waals surface area contributed by atoms with Crippen molar-refractivity contribution in [3.63, 3.8) is 0 Å². The van der Waals surface area contributed by atoms with Gasteiger partial charge in [0.15, 0.2) is 0 Å². The average Bonchev–Trinajstić information content (AvgIpc) is 2.90. The van der Waals surface area contributed by atoms with E-state index in [4.69, 9.17) is 18.9 Å². The predicted octanol–water partition coefficient (Wildman–Crippen LogP) is 2.88. The topological polar surface area (TPSA) is 232 Å². The number of urea groups is 1. The summed E-state index contributed by atoms with van der Waals surface area (Å²) in [5.41, 5.74) is -2.78. The molecule has 0 aromatic carbocycles. The number of methoxy groups -OCH3 is 1. The Morgan fingerprint density at radius 3 is 1.52 bits per heavy atom. The van der Waals surface area contributed by atoms with Crippen LogP contribution in [0.2, 0.25) is 0 Å². The number of carbonyl (C=O) groups excluding carboxylic acids is 6. The SMILES string of the molecule is COC(=O)[C@@H](NC(=O)N[C@H](C(=O)N[C@@H](CC(C)C)C(=O)OC(C)(C)C)[C@H](CCO)N=C(NC(=O)OC(C)(C)C)NC(=O)OC(C)(C)C)C(C)C. The van der Waals surface area contributed by atoms with Gasteiger partial charge in [0.25, 0.3) is 0 Å². The maximum atomic E-state index is 14.0. The Balaban J connectivity index is 7.11. The summed E-state index contributed by atoms with van der Waals surface area (Å²) in [5.74, 6) is -3.43. The number of ether oxygens (including phenoxy) is 4. The number of carbonyl (C=O) groups is 6. The predicted molar refractivity (Wildman–Crippen MR) is 185 cm³/mol. The van der Waals surface area contributed by atoms with Gasteiger partial charge in [-0.3, -0.25) is 15.4 Å². The van der Waals surface area contributed by atoms with Crippen molar-refractivity contribution in [3.05, 3.63) is 0 Å². The molecule has 0 aliphatic rings. The van der Waals surface area contributed by atoms with E-state index in [-0.39, 0.29) is 18.8 Å². The van der Waals surface area contributed by atoms with Crippen molar-refractivity contribution >= 4 is 42.0 Å². The second-order valence-corrected chi connectivity index (χ2v) is 15.4. The highest BCUT2D eigenvalue weighted by Gasteiger charge is 2.36. The summed E-state index contributed by atoms with van der Waals surface area (Å²) in [6.45, 7) is 21.1. The van der Waals surface area contributed by atoms with E-state index in [0.29, 0.717) is 0 Å². The van der Waals surface area contributed by atoms with Gasteiger partial charge in [0, 0.05) is 6.61 Å². The molecule has 0 aromatic heterocycles. The Kier molecular flexibility index (Phi) is 18.2. The number of guanidine groups is 1. The molecule has 0 spiro atoms. The summed E-state index contributed by atoms with van der Waals surface area (Å²) >= 11 is 0. The summed E-state index contributed by atoms with van der Waals surface area (Å²) in [6, 6.07) is -6.34. The van der Waals surface area contributed by atoms with E-state index in [9.17, 15) is 33.9 Å². The molecule has 0 saturated carbocycles. The lowest BCUT2D eigenvalue weighted by Gasteiger charge is -2.30. The monoisotopic (exact) mass is 716 g/mol. The lowest BCUT2D eigenvalue weighted by atomic mass is 10.0.